The molecular formula is C24H44BrNO11. The van der Waals surface area contributed by atoms with Crippen molar-refractivity contribution in [2.45, 2.75) is 125 Å². The minimum absolute atomic E-state index is 0.0292. The van der Waals surface area contributed by atoms with Gasteiger partial charge in [-0.2, -0.15) is 0 Å². The average molecular weight is 603 g/mol. The van der Waals surface area contributed by atoms with E-state index in [0.29, 0.717) is 6.42 Å². The summed E-state index contributed by atoms with van der Waals surface area (Å²) in [5.41, 5.74) is 5.98. The third kappa shape index (κ3) is 8.60. The monoisotopic (exact) mass is 601 g/mol. The third-order valence-electron chi connectivity index (χ3n) is 7.11. The van der Waals surface area contributed by atoms with E-state index < -0.39 is 79.8 Å². The fraction of sp³-hybridized carbons (Fsp3) is 0.958. The number of halogens is 1. The van der Waals surface area contributed by atoms with Crippen LogP contribution in [0.2, 0.25) is 0 Å². The predicted molar refractivity (Wildman–Crippen MR) is 135 cm³/mol. The van der Waals surface area contributed by atoms with Crippen LogP contribution in [0.4, 0.5) is 0 Å². The Morgan fingerprint density at radius 2 is 1.35 bits per heavy atom. The van der Waals surface area contributed by atoms with Gasteiger partial charge in [0.2, 0.25) is 5.79 Å². The lowest BCUT2D eigenvalue weighted by atomic mass is 9.86. The van der Waals surface area contributed by atoms with Crippen molar-refractivity contribution in [2.75, 3.05) is 18.5 Å². The topological polar surface area (TPSA) is 212 Å². The van der Waals surface area contributed by atoms with Gasteiger partial charge in [-0.15, -0.1) is 0 Å². The second-order valence-corrected chi connectivity index (χ2v) is 10.7. The molecule has 0 spiro atoms. The van der Waals surface area contributed by atoms with Gasteiger partial charge in [0.1, 0.15) is 42.7 Å². The summed E-state index contributed by atoms with van der Waals surface area (Å²) in [5, 5.41) is 72.0. The number of carbonyl (C=O) groups excluding carboxylic acids is 1. The number of hydrogen-bond acceptors (Lipinski definition) is 12. The quantitative estimate of drug-likeness (QED) is 0.0774. The molecule has 13 heteroatoms. The lowest BCUT2D eigenvalue weighted by molar-refractivity contribution is -0.356. The highest BCUT2D eigenvalue weighted by Gasteiger charge is 2.57. The molecule has 2 aliphatic rings. The second kappa shape index (κ2) is 16.1. The number of rotatable bonds is 16. The van der Waals surface area contributed by atoms with Gasteiger partial charge in [0.05, 0.1) is 19.3 Å². The fourth-order valence-corrected chi connectivity index (χ4v) is 5.12. The molecule has 0 aliphatic carbocycles. The lowest BCUT2D eigenvalue weighted by Crippen LogP contribution is -2.72. The summed E-state index contributed by atoms with van der Waals surface area (Å²) in [6, 6.07) is -1.64. The van der Waals surface area contributed by atoms with Crippen LogP contribution in [0.3, 0.4) is 0 Å². The van der Waals surface area contributed by atoms with Crippen LogP contribution in [0.5, 0.6) is 0 Å². The highest BCUT2D eigenvalue weighted by atomic mass is 79.9. The molecule has 0 radical (unpaired) electrons. The fourth-order valence-electron chi connectivity index (χ4n) is 4.72. The zero-order valence-electron chi connectivity index (χ0n) is 21.1. The number of aliphatic hydroxyl groups excluding tert-OH is 6. The number of aliphatic hydroxyl groups is 7. The Labute approximate surface area is 225 Å². The molecule has 2 saturated heterocycles. The van der Waals surface area contributed by atoms with Crippen LogP contribution in [0, 0.1) is 0 Å². The van der Waals surface area contributed by atoms with E-state index in [1.54, 1.807) is 0 Å². The standard InChI is InChI=1S/C24H44BrNO11/c25-11-9-7-5-3-1-2-4-6-8-10-16(29)24(34)22(26)20(33)21(15(13-28)37-24)36-23-19(32)18(31)17(30)14(12-27)35-23/h14-15,17-23,27-28,30-34H,1-13,26H2/t14-,15-,17+,18+,19-,20+,21-,22-,23+,24?/m1/s1. The first kappa shape index (κ1) is 32.9. The number of ether oxygens (including phenoxy) is 3. The minimum atomic E-state index is -2.56. The molecule has 2 aliphatic heterocycles. The maximum atomic E-state index is 12.8. The Kier molecular flexibility index (Phi) is 14.3. The summed E-state index contributed by atoms with van der Waals surface area (Å²) in [5.74, 6) is -3.28. The van der Waals surface area contributed by atoms with Crippen LogP contribution < -0.4 is 5.73 Å². The molecule has 9 N–H and O–H groups in total. The Bertz CT molecular complexity index is 673. The number of alkyl halides is 1. The molecule has 218 valence electrons. The molecule has 0 aromatic carbocycles. The number of unbranched alkanes of at least 4 members (excludes halogenated alkanes) is 8. The number of nitrogens with two attached hydrogens (primary N) is 1. The molecule has 10 atom stereocenters. The molecule has 0 bridgehead atoms. The van der Waals surface area contributed by atoms with Crippen LogP contribution in [0.15, 0.2) is 0 Å². The zero-order chi connectivity index (χ0) is 27.6. The second-order valence-electron chi connectivity index (χ2n) is 9.89. The average Bonchev–Trinajstić information content (AvgIpc) is 2.89. The van der Waals surface area contributed by atoms with E-state index >= 15 is 0 Å². The number of carbonyl (C=O) groups is 1. The summed E-state index contributed by atoms with van der Waals surface area (Å²) in [6.07, 6.45) is -3.43. The normalized spacial score (nSPS) is 38.6. The third-order valence-corrected chi connectivity index (χ3v) is 7.67. The van der Waals surface area contributed by atoms with Crippen LogP contribution >= 0.6 is 15.9 Å². The first-order chi connectivity index (χ1) is 17.6. The first-order valence-corrected chi connectivity index (χ1v) is 14.2. The van der Waals surface area contributed by atoms with Gasteiger partial charge < -0.3 is 55.7 Å². The molecule has 0 aromatic heterocycles. The summed E-state index contributed by atoms with van der Waals surface area (Å²) in [7, 11) is 0. The van der Waals surface area contributed by atoms with Crippen molar-refractivity contribution in [3.8, 4) is 0 Å². The van der Waals surface area contributed by atoms with Gasteiger partial charge in [0.15, 0.2) is 12.1 Å². The molecule has 37 heavy (non-hydrogen) atoms. The number of Topliss-reactive ketones (excluding diaryl/α,β-unsaturated/α-hetero) is 1. The predicted octanol–water partition coefficient (Wildman–Crippen LogP) is -1.20. The van der Waals surface area contributed by atoms with Gasteiger partial charge >= 0.3 is 0 Å². The molecule has 2 fully saturated rings. The highest BCUT2D eigenvalue weighted by Crippen LogP contribution is 2.33. The van der Waals surface area contributed by atoms with E-state index in [2.05, 4.69) is 15.9 Å². The zero-order valence-corrected chi connectivity index (χ0v) is 22.7. The van der Waals surface area contributed by atoms with Gasteiger partial charge in [-0.25, -0.2) is 0 Å². The van der Waals surface area contributed by atoms with Crippen molar-refractivity contribution in [3.63, 3.8) is 0 Å². The van der Waals surface area contributed by atoms with E-state index in [1.165, 1.54) is 25.7 Å². The van der Waals surface area contributed by atoms with Crippen molar-refractivity contribution in [3.05, 3.63) is 0 Å². The van der Waals surface area contributed by atoms with E-state index in [9.17, 15) is 40.5 Å². The minimum Gasteiger partial charge on any atom is -0.394 e. The maximum absolute atomic E-state index is 12.8. The molecule has 0 aromatic rings. The number of ketones is 1. The van der Waals surface area contributed by atoms with Crippen LogP contribution in [0.1, 0.15) is 64.2 Å². The van der Waals surface area contributed by atoms with Crippen molar-refractivity contribution < 1.29 is 54.8 Å². The van der Waals surface area contributed by atoms with E-state index in [-0.39, 0.29) is 6.42 Å². The van der Waals surface area contributed by atoms with Gasteiger partial charge in [-0.3, -0.25) is 4.79 Å². The summed E-state index contributed by atoms with van der Waals surface area (Å²) >= 11 is 3.42. The highest BCUT2D eigenvalue weighted by molar-refractivity contribution is 9.09. The summed E-state index contributed by atoms with van der Waals surface area (Å²) in [4.78, 5) is 12.8. The van der Waals surface area contributed by atoms with E-state index in [4.69, 9.17) is 19.9 Å². The van der Waals surface area contributed by atoms with Crippen LogP contribution in [0.25, 0.3) is 0 Å². The molecule has 1 unspecified atom stereocenters. The smallest absolute Gasteiger partial charge is 0.245 e. The molecule has 2 rings (SSSR count). The van der Waals surface area contributed by atoms with E-state index in [1.807, 2.05) is 0 Å². The lowest BCUT2D eigenvalue weighted by Gasteiger charge is -2.48. The largest absolute Gasteiger partial charge is 0.394 e. The molecule has 12 nitrogen and oxygen atoms in total. The van der Waals surface area contributed by atoms with Crippen LogP contribution in [-0.2, 0) is 19.0 Å². The van der Waals surface area contributed by atoms with Crippen molar-refractivity contribution >= 4 is 21.7 Å². The first-order valence-electron chi connectivity index (χ1n) is 13.1. The Balaban J connectivity index is 1.88. The Morgan fingerprint density at radius 1 is 0.811 bits per heavy atom. The van der Waals surface area contributed by atoms with Gasteiger partial charge in [-0.05, 0) is 12.8 Å². The SMILES string of the molecule is N[C@@H]1[C@@H](O)[C@H](O[C@@H]2O[C@H](CO)[C@H](O)[C@H](O)[C@H]2O)[C@@H](CO)OC1(O)C(=O)CCCCCCCCCCCBr. The number of hydrogen-bond donors (Lipinski definition) is 8. The van der Waals surface area contributed by atoms with E-state index in [0.717, 1.165) is 31.0 Å². The molecule has 0 amide bonds. The Morgan fingerprint density at radius 3 is 1.89 bits per heavy atom. The van der Waals surface area contributed by atoms with Gasteiger partial charge in [0.25, 0.3) is 0 Å². The van der Waals surface area contributed by atoms with Crippen LogP contribution in [-0.4, -0.2) is 121 Å². The van der Waals surface area contributed by atoms with Gasteiger partial charge in [-0.1, -0.05) is 60.9 Å². The van der Waals surface area contributed by atoms with Crippen molar-refractivity contribution in [1.29, 1.82) is 0 Å². The molecular weight excluding hydrogens is 558 g/mol. The Hall–Kier alpha value is -0.290. The van der Waals surface area contributed by atoms with Crippen molar-refractivity contribution in [1.82, 2.24) is 0 Å². The summed E-state index contributed by atoms with van der Waals surface area (Å²) < 4.78 is 16.2. The van der Waals surface area contributed by atoms with Crippen molar-refractivity contribution in [2.24, 2.45) is 5.73 Å². The van der Waals surface area contributed by atoms with Gasteiger partial charge in [0, 0.05) is 11.8 Å². The molecule has 0 saturated carbocycles. The molecule has 2 heterocycles. The summed E-state index contributed by atoms with van der Waals surface area (Å²) in [6.45, 7) is -1.47. The maximum Gasteiger partial charge on any atom is 0.245 e.